The Hall–Kier alpha value is -1.55. The van der Waals surface area contributed by atoms with Crippen LogP contribution in [0.2, 0.25) is 5.02 Å². The van der Waals surface area contributed by atoms with Crippen molar-refractivity contribution in [2.24, 2.45) is 11.8 Å². The standard InChI is InChI=1S/C17H20ClNO3/c1-10-9-11(5-6-15(10)20)17(21)19-14-7-8-22-16-12(14)3-2-4-13(16)18/h2-4,10-11,14H,5-9H2,1H3,(H,19,21). The Morgan fingerprint density at radius 2 is 2.18 bits per heavy atom. The normalized spacial score (nSPS) is 27.7. The number of ketones is 1. The summed E-state index contributed by atoms with van der Waals surface area (Å²) in [6.07, 6.45) is 2.55. The van der Waals surface area contributed by atoms with Gasteiger partial charge in [-0.25, -0.2) is 0 Å². The molecule has 1 aromatic rings. The average Bonchev–Trinajstić information content (AvgIpc) is 2.51. The van der Waals surface area contributed by atoms with Crippen molar-refractivity contribution in [3.63, 3.8) is 0 Å². The zero-order valence-electron chi connectivity index (χ0n) is 12.6. The number of fused-ring (bicyclic) bond motifs is 1. The zero-order chi connectivity index (χ0) is 15.7. The van der Waals surface area contributed by atoms with Gasteiger partial charge in [0.2, 0.25) is 5.91 Å². The topological polar surface area (TPSA) is 55.4 Å². The number of halogens is 1. The predicted octanol–water partition coefficient (Wildman–Crippen LogP) is 3.29. The van der Waals surface area contributed by atoms with Gasteiger partial charge in [-0.1, -0.05) is 30.7 Å². The fraction of sp³-hybridized carbons (Fsp3) is 0.529. The van der Waals surface area contributed by atoms with Gasteiger partial charge in [0.1, 0.15) is 11.5 Å². The van der Waals surface area contributed by atoms with E-state index in [0.29, 0.717) is 36.6 Å². The first-order chi connectivity index (χ1) is 10.6. The molecule has 1 amide bonds. The maximum atomic E-state index is 12.5. The highest BCUT2D eigenvalue weighted by Crippen LogP contribution is 2.38. The van der Waals surface area contributed by atoms with Crippen LogP contribution in [0.3, 0.4) is 0 Å². The Morgan fingerprint density at radius 1 is 1.36 bits per heavy atom. The summed E-state index contributed by atoms with van der Waals surface area (Å²) in [6.45, 7) is 2.45. The van der Waals surface area contributed by atoms with Gasteiger partial charge in [-0.3, -0.25) is 9.59 Å². The molecular weight excluding hydrogens is 302 g/mol. The molecule has 22 heavy (non-hydrogen) atoms. The Kier molecular flexibility index (Phi) is 4.39. The van der Waals surface area contributed by atoms with Crippen LogP contribution in [-0.2, 0) is 9.59 Å². The summed E-state index contributed by atoms with van der Waals surface area (Å²) in [7, 11) is 0. The number of carbonyl (C=O) groups is 2. The number of Topliss-reactive ketones (excluding diaryl/α,β-unsaturated/α-hetero) is 1. The van der Waals surface area contributed by atoms with Gasteiger partial charge in [-0.2, -0.15) is 0 Å². The molecule has 1 aromatic carbocycles. The Bertz CT molecular complexity index is 602. The maximum absolute atomic E-state index is 12.5. The van der Waals surface area contributed by atoms with Crippen molar-refractivity contribution in [2.75, 3.05) is 6.61 Å². The number of ether oxygens (including phenoxy) is 1. The van der Waals surface area contributed by atoms with E-state index in [4.69, 9.17) is 16.3 Å². The zero-order valence-corrected chi connectivity index (χ0v) is 13.4. The first-order valence-corrected chi connectivity index (χ1v) is 8.18. The quantitative estimate of drug-likeness (QED) is 0.909. The summed E-state index contributed by atoms with van der Waals surface area (Å²) in [4.78, 5) is 24.1. The summed E-state index contributed by atoms with van der Waals surface area (Å²) in [5.41, 5.74) is 0.937. The van der Waals surface area contributed by atoms with E-state index in [9.17, 15) is 9.59 Å². The van der Waals surface area contributed by atoms with Crippen LogP contribution in [-0.4, -0.2) is 18.3 Å². The summed E-state index contributed by atoms with van der Waals surface area (Å²) in [6, 6.07) is 5.54. The molecule has 0 spiro atoms. The van der Waals surface area contributed by atoms with E-state index in [0.717, 1.165) is 12.0 Å². The smallest absolute Gasteiger partial charge is 0.223 e. The van der Waals surface area contributed by atoms with Gasteiger partial charge >= 0.3 is 0 Å². The number of hydrogen-bond donors (Lipinski definition) is 1. The molecule has 1 aliphatic carbocycles. The maximum Gasteiger partial charge on any atom is 0.223 e. The third kappa shape index (κ3) is 2.98. The minimum absolute atomic E-state index is 0.0130. The lowest BCUT2D eigenvalue weighted by Gasteiger charge is -2.30. The van der Waals surface area contributed by atoms with Crippen LogP contribution in [0.1, 0.15) is 44.2 Å². The SMILES string of the molecule is CC1CC(C(=O)NC2CCOc3c(Cl)cccc32)CCC1=O. The number of amides is 1. The molecule has 2 aliphatic rings. The largest absolute Gasteiger partial charge is 0.492 e. The molecule has 4 nitrogen and oxygen atoms in total. The van der Waals surface area contributed by atoms with Crippen molar-refractivity contribution < 1.29 is 14.3 Å². The molecule has 1 fully saturated rings. The Labute approximate surface area is 135 Å². The van der Waals surface area contributed by atoms with Gasteiger partial charge < -0.3 is 10.1 Å². The highest BCUT2D eigenvalue weighted by atomic mass is 35.5. The van der Waals surface area contributed by atoms with E-state index in [1.165, 1.54) is 0 Å². The van der Waals surface area contributed by atoms with Crippen molar-refractivity contribution in [3.8, 4) is 5.75 Å². The Morgan fingerprint density at radius 3 is 2.95 bits per heavy atom. The molecule has 0 saturated heterocycles. The van der Waals surface area contributed by atoms with Crippen molar-refractivity contribution in [3.05, 3.63) is 28.8 Å². The Balaban J connectivity index is 1.71. The number of hydrogen-bond acceptors (Lipinski definition) is 3. The lowest BCUT2D eigenvalue weighted by atomic mass is 9.81. The molecule has 1 N–H and O–H groups in total. The second-order valence-electron chi connectivity index (χ2n) is 6.20. The van der Waals surface area contributed by atoms with Crippen LogP contribution in [0.25, 0.3) is 0 Å². The molecule has 5 heteroatoms. The van der Waals surface area contributed by atoms with E-state index in [2.05, 4.69) is 5.32 Å². The van der Waals surface area contributed by atoms with E-state index in [-0.39, 0.29) is 29.6 Å². The molecule has 0 bridgehead atoms. The summed E-state index contributed by atoms with van der Waals surface area (Å²) in [5, 5.41) is 3.70. The van der Waals surface area contributed by atoms with Crippen LogP contribution < -0.4 is 10.1 Å². The minimum Gasteiger partial charge on any atom is -0.492 e. The highest BCUT2D eigenvalue weighted by molar-refractivity contribution is 6.32. The number of benzene rings is 1. The third-order valence-corrected chi connectivity index (χ3v) is 4.94. The molecule has 3 atom stereocenters. The molecule has 118 valence electrons. The number of nitrogens with one attached hydrogen (secondary N) is 1. The van der Waals surface area contributed by atoms with E-state index < -0.39 is 0 Å². The summed E-state index contributed by atoms with van der Waals surface area (Å²) >= 11 is 6.15. The van der Waals surface area contributed by atoms with Gasteiger partial charge in [-0.05, 0) is 18.9 Å². The molecule has 1 saturated carbocycles. The fourth-order valence-corrected chi connectivity index (χ4v) is 3.54. The third-order valence-electron chi connectivity index (χ3n) is 4.64. The highest BCUT2D eigenvalue weighted by Gasteiger charge is 2.32. The van der Waals surface area contributed by atoms with Crippen molar-refractivity contribution in [1.29, 1.82) is 0 Å². The molecular formula is C17H20ClNO3. The number of carbonyl (C=O) groups excluding carboxylic acids is 2. The van der Waals surface area contributed by atoms with E-state index >= 15 is 0 Å². The van der Waals surface area contributed by atoms with Gasteiger partial charge in [0, 0.05) is 30.2 Å². The first-order valence-electron chi connectivity index (χ1n) is 7.80. The molecule has 3 unspecified atom stereocenters. The van der Waals surface area contributed by atoms with Gasteiger partial charge in [0.05, 0.1) is 17.7 Å². The minimum atomic E-state index is -0.0711. The lowest BCUT2D eigenvalue weighted by molar-refractivity contribution is -0.131. The monoisotopic (exact) mass is 321 g/mol. The second kappa shape index (κ2) is 6.29. The first kappa shape index (κ1) is 15.3. The van der Waals surface area contributed by atoms with Crippen LogP contribution in [0.4, 0.5) is 0 Å². The van der Waals surface area contributed by atoms with Crippen molar-refractivity contribution in [1.82, 2.24) is 5.32 Å². The predicted molar refractivity (Wildman–Crippen MR) is 84.0 cm³/mol. The molecule has 1 heterocycles. The second-order valence-corrected chi connectivity index (χ2v) is 6.60. The van der Waals surface area contributed by atoms with Gasteiger partial charge in [-0.15, -0.1) is 0 Å². The summed E-state index contributed by atoms with van der Waals surface area (Å²) < 4.78 is 5.61. The van der Waals surface area contributed by atoms with Gasteiger partial charge in [0.25, 0.3) is 0 Å². The summed E-state index contributed by atoms with van der Waals surface area (Å²) in [5.74, 6) is 0.899. The van der Waals surface area contributed by atoms with Crippen LogP contribution in [0, 0.1) is 11.8 Å². The van der Waals surface area contributed by atoms with Crippen molar-refractivity contribution >= 4 is 23.3 Å². The van der Waals surface area contributed by atoms with Crippen LogP contribution in [0.15, 0.2) is 18.2 Å². The van der Waals surface area contributed by atoms with Crippen LogP contribution >= 0.6 is 11.6 Å². The van der Waals surface area contributed by atoms with E-state index in [1.54, 1.807) is 6.07 Å². The van der Waals surface area contributed by atoms with Crippen LogP contribution in [0.5, 0.6) is 5.75 Å². The molecule has 3 rings (SSSR count). The lowest BCUT2D eigenvalue weighted by Crippen LogP contribution is -2.39. The molecule has 1 aliphatic heterocycles. The molecule has 0 aromatic heterocycles. The number of para-hydroxylation sites is 1. The van der Waals surface area contributed by atoms with E-state index in [1.807, 2.05) is 19.1 Å². The fourth-order valence-electron chi connectivity index (χ4n) is 3.30. The average molecular weight is 322 g/mol. The van der Waals surface area contributed by atoms with Gasteiger partial charge in [0.15, 0.2) is 0 Å². The van der Waals surface area contributed by atoms with Crippen molar-refractivity contribution in [2.45, 2.75) is 38.6 Å². The molecule has 0 radical (unpaired) electrons. The number of rotatable bonds is 2.